The number of rotatable bonds is 10. The molecule has 0 bridgehead atoms. The Balaban J connectivity index is 2.09. The van der Waals surface area contributed by atoms with Gasteiger partial charge in [-0.1, -0.05) is 60.7 Å². The third kappa shape index (κ3) is 9.92. The molecule has 0 aliphatic rings. The summed E-state index contributed by atoms with van der Waals surface area (Å²) in [7, 11) is 1.26. The number of alkyl carbamates (subject to hydrolysis) is 2. The highest BCUT2D eigenvalue weighted by Gasteiger charge is 2.26. The number of carbonyl (C=O) groups is 3. The van der Waals surface area contributed by atoms with Crippen LogP contribution in [0.3, 0.4) is 0 Å². The van der Waals surface area contributed by atoms with Crippen LogP contribution in [0, 0.1) is 0 Å². The average molecular weight is 483 g/mol. The second-order valence-corrected chi connectivity index (χ2v) is 8.95. The highest BCUT2D eigenvalue weighted by molar-refractivity contribution is 5.81. The number of benzene rings is 2. The Labute approximate surface area is 206 Å². The molecule has 2 N–H and O–H groups in total. The van der Waals surface area contributed by atoms with Gasteiger partial charge in [0.2, 0.25) is 0 Å². The van der Waals surface area contributed by atoms with Gasteiger partial charge in [-0.15, -0.1) is 6.58 Å². The fourth-order valence-electron chi connectivity index (χ4n) is 3.31. The molecular formula is C27H34N2O6. The molecule has 2 rings (SSSR count). The third-order valence-corrected chi connectivity index (χ3v) is 4.88. The van der Waals surface area contributed by atoms with Crippen LogP contribution in [-0.2, 0) is 32.0 Å². The predicted octanol–water partition coefficient (Wildman–Crippen LogP) is 4.84. The van der Waals surface area contributed by atoms with Gasteiger partial charge in [0.1, 0.15) is 18.2 Å². The Morgan fingerprint density at radius 3 is 2.29 bits per heavy atom. The van der Waals surface area contributed by atoms with Crippen molar-refractivity contribution in [1.29, 1.82) is 0 Å². The van der Waals surface area contributed by atoms with Crippen LogP contribution in [0.15, 0.2) is 67.3 Å². The Morgan fingerprint density at radius 1 is 0.971 bits per heavy atom. The molecule has 0 aliphatic heterocycles. The molecule has 0 saturated heterocycles. The maximum Gasteiger partial charge on any atom is 0.408 e. The van der Waals surface area contributed by atoms with Crippen molar-refractivity contribution in [2.45, 2.75) is 57.9 Å². The molecule has 8 nitrogen and oxygen atoms in total. The Hall–Kier alpha value is -3.81. The minimum absolute atomic E-state index is 0.157. The van der Waals surface area contributed by atoms with Crippen molar-refractivity contribution in [2.75, 3.05) is 7.11 Å². The van der Waals surface area contributed by atoms with Crippen molar-refractivity contribution in [3.63, 3.8) is 0 Å². The third-order valence-electron chi connectivity index (χ3n) is 4.88. The monoisotopic (exact) mass is 482 g/mol. The summed E-state index contributed by atoms with van der Waals surface area (Å²) in [5.74, 6) is -0.591. The largest absolute Gasteiger partial charge is 0.467 e. The van der Waals surface area contributed by atoms with Crippen LogP contribution < -0.4 is 10.6 Å². The van der Waals surface area contributed by atoms with Crippen molar-refractivity contribution in [2.24, 2.45) is 0 Å². The van der Waals surface area contributed by atoms with Crippen LogP contribution in [0.4, 0.5) is 9.59 Å². The zero-order chi connectivity index (χ0) is 25.8. The molecule has 0 heterocycles. The standard InChI is InChI=1S/C27H34N2O6/c1-6-11-22(28-25(31)34-18-19-12-8-7-9-13-19)21-15-10-14-20(16-21)17-23(24(30)33-5)29-26(32)35-27(2,3)4/h6-10,12-16,22-23H,1,11,17-18H2,2-5H3,(H,28,31)(H,29,32)/t22-,23?/m0/s1. The Kier molecular flexibility index (Phi) is 10.3. The minimum Gasteiger partial charge on any atom is -0.467 e. The molecule has 0 radical (unpaired) electrons. The number of hydrogen-bond donors (Lipinski definition) is 2. The SMILES string of the molecule is C=CC[C@H](NC(=O)OCc1ccccc1)c1cccc(CC(NC(=O)OC(C)(C)C)C(=O)OC)c1. The van der Waals surface area contributed by atoms with Crippen LogP contribution in [0.1, 0.15) is 49.9 Å². The van der Waals surface area contributed by atoms with E-state index in [1.807, 2.05) is 54.6 Å². The molecule has 35 heavy (non-hydrogen) atoms. The smallest absolute Gasteiger partial charge is 0.408 e. The summed E-state index contributed by atoms with van der Waals surface area (Å²) < 4.78 is 15.5. The molecule has 0 saturated carbocycles. The highest BCUT2D eigenvalue weighted by Crippen LogP contribution is 2.20. The van der Waals surface area contributed by atoms with Gasteiger partial charge in [-0.25, -0.2) is 14.4 Å². The van der Waals surface area contributed by atoms with Gasteiger partial charge < -0.3 is 24.8 Å². The van der Waals surface area contributed by atoms with E-state index >= 15 is 0 Å². The van der Waals surface area contributed by atoms with Crippen LogP contribution in [0.5, 0.6) is 0 Å². The highest BCUT2D eigenvalue weighted by atomic mass is 16.6. The number of carbonyl (C=O) groups excluding carboxylic acids is 3. The van der Waals surface area contributed by atoms with Crippen molar-refractivity contribution in [3.05, 3.63) is 83.9 Å². The number of nitrogens with one attached hydrogen (secondary N) is 2. The number of amides is 2. The molecule has 0 fully saturated rings. The maximum atomic E-state index is 12.4. The van der Waals surface area contributed by atoms with Crippen molar-refractivity contribution < 1.29 is 28.6 Å². The summed E-state index contributed by atoms with van der Waals surface area (Å²) in [5.41, 5.74) is 1.75. The van der Waals surface area contributed by atoms with Gasteiger partial charge in [-0.05, 0) is 43.9 Å². The van der Waals surface area contributed by atoms with Crippen molar-refractivity contribution >= 4 is 18.2 Å². The van der Waals surface area contributed by atoms with Crippen LogP contribution in [0.25, 0.3) is 0 Å². The van der Waals surface area contributed by atoms with E-state index in [-0.39, 0.29) is 19.1 Å². The molecule has 2 aromatic carbocycles. The molecule has 0 aliphatic carbocycles. The van der Waals surface area contributed by atoms with E-state index in [1.165, 1.54) is 7.11 Å². The molecule has 0 aromatic heterocycles. The van der Waals surface area contributed by atoms with E-state index in [4.69, 9.17) is 14.2 Å². The van der Waals surface area contributed by atoms with E-state index in [0.717, 1.165) is 16.7 Å². The lowest BCUT2D eigenvalue weighted by Crippen LogP contribution is -2.45. The molecule has 188 valence electrons. The summed E-state index contributed by atoms with van der Waals surface area (Å²) in [6.07, 6.45) is 1.09. The van der Waals surface area contributed by atoms with Gasteiger partial charge >= 0.3 is 18.2 Å². The molecule has 2 aromatic rings. The first-order valence-electron chi connectivity index (χ1n) is 11.4. The van der Waals surface area contributed by atoms with E-state index in [2.05, 4.69) is 17.2 Å². The summed E-state index contributed by atoms with van der Waals surface area (Å²) in [4.78, 5) is 36.9. The quantitative estimate of drug-likeness (QED) is 0.285. The number of esters is 1. The van der Waals surface area contributed by atoms with E-state index in [9.17, 15) is 14.4 Å². The summed E-state index contributed by atoms with van der Waals surface area (Å²) in [6, 6.07) is 15.4. The first kappa shape index (κ1) is 27.4. The zero-order valence-corrected chi connectivity index (χ0v) is 20.7. The lowest BCUT2D eigenvalue weighted by atomic mass is 9.98. The normalized spacial score (nSPS) is 12.6. The molecule has 8 heteroatoms. The second-order valence-electron chi connectivity index (χ2n) is 8.95. The van der Waals surface area contributed by atoms with Crippen molar-refractivity contribution in [1.82, 2.24) is 10.6 Å². The molecule has 2 amide bonds. The van der Waals surface area contributed by atoms with Crippen molar-refractivity contribution in [3.8, 4) is 0 Å². The number of methoxy groups -OCH3 is 1. The lowest BCUT2D eigenvalue weighted by molar-refractivity contribution is -0.143. The lowest BCUT2D eigenvalue weighted by Gasteiger charge is -2.23. The topological polar surface area (TPSA) is 103 Å². The average Bonchev–Trinajstić information content (AvgIpc) is 2.81. The Morgan fingerprint density at radius 2 is 1.66 bits per heavy atom. The summed E-state index contributed by atoms with van der Waals surface area (Å²) in [6.45, 7) is 9.15. The summed E-state index contributed by atoms with van der Waals surface area (Å²) in [5, 5.41) is 5.43. The molecule has 1 unspecified atom stereocenters. The Bertz CT molecular complexity index is 1000. The number of hydrogen-bond acceptors (Lipinski definition) is 6. The fraction of sp³-hybridized carbons (Fsp3) is 0.370. The first-order valence-corrected chi connectivity index (χ1v) is 11.4. The van der Waals surface area contributed by atoms with Gasteiger partial charge in [0.05, 0.1) is 13.2 Å². The van der Waals surface area contributed by atoms with Gasteiger partial charge in [0.15, 0.2) is 0 Å². The first-order chi connectivity index (χ1) is 16.6. The van der Waals surface area contributed by atoms with E-state index in [0.29, 0.717) is 6.42 Å². The maximum absolute atomic E-state index is 12.4. The zero-order valence-electron chi connectivity index (χ0n) is 20.7. The molecular weight excluding hydrogens is 448 g/mol. The predicted molar refractivity (Wildman–Crippen MR) is 133 cm³/mol. The van der Waals surface area contributed by atoms with Crippen LogP contribution in [0.2, 0.25) is 0 Å². The van der Waals surface area contributed by atoms with E-state index in [1.54, 1.807) is 26.8 Å². The number of ether oxygens (including phenoxy) is 3. The molecule has 0 spiro atoms. The van der Waals surface area contributed by atoms with Crippen LogP contribution >= 0.6 is 0 Å². The fourth-order valence-corrected chi connectivity index (χ4v) is 3.31. The second kappa shape index (κ2) is 13.2. The summed E-state index contributed by atoms with van der Waals surface area (Å²) >= 11 is 0. The van der Waals surface area contributed by atoms with Crippen LogP contribution in [-0.4, -0.2) is 36.9 Å². The van der Waals surface area contributed by atoms with Gasteiger partial charge in [-0.2, -0.15) is 0 Å². The van der Waals surface area contributed by atoms with Gasteiger partial charge in [-0.3, -0.25) is 0 Å². The van der Waals surface area contributed by atoms with Gasteiger partial charge in [0, 0.05) is 6.42 Å². The minimum atomic E-state index is -0.938. The van der Waals surface area contributed by atoms with Gasteiger partial charge in [0.25, 0.3) is 0 Å². The van der Waals surface area contributed by atoms with E-state index < -0.39 is 29.8 Å². The molecule has 2 atom stereocenters.